The monoisotopic (exact) mass is 541 g/mol. The Morgan fingerprint density at radius 1 is 1.23 bits per heavy atom. The van der Waals surface area contributed by atoms with Crippen LogP contribution in [0.5, 0.6) is 5.75 Å². The van der Waals surface area contributed by atoms with E-state index in [1.54, 1.807) is 25.1 Å². The van der Waals surface area contributed by atoms with Gasteiger partial charge in [-0.1, -0.05) is 48.7 Å². The largest absolute Gasteiger partial charge is 0.488 e. The van der Waals surface area contributed by atoms with Crippen LogP contribution in [0.3, 0.4) is 0 Å². The minimum absolute atomic E-state index is 0.0199. The standard InChI is InChI=1S/C29H23N3O6S/c1-3-14-37-29(36)21(16-30)27-32(4-2)26(33)24(39-27)13-11-19-10-12-23(38-17-18-8-6-5-7-9-18)20-15-22(28(34)35)31-25(19)20/h3,5-12,15,31H,1,4,14,17H2,2H3,(H,34,35)/b27-21-. The Labute approximate surface area is 226 Å². The highest BCUT2D eigenvalue weighted by molar-refractivity contribution is 7.07. The molecule has 0 radical (unpaired) electrons. The molecule has 0 atom stereocenters. The lowest BCUT2D eigenvalue weighted by molar-refractivity contribution is -0.135. The smallest absolute Gasteiger partial charge is 0.352 e. The number of hydrogen-bond donors (Lipinski definition) is 2. The van der Waals surface area contributed by atoms with Crippen LogP contribution in [-0.4, -0.2) is 33.2 Å². The van der Waals surface area contributed by atoms with Crippen molar-refractivity contribution in [2.45, 2.75) is 20.1 Å². The molecule has 39 heavy (non-hydrogen) atoms. The first-order valence-electron chi connectivity index (χ1n) is 11.8. The number of nitrogens with one attached hydrogen (secondary N) is 1. The zero-order valence-electron chi connectivity index (χ0n) is 20.9. The van der Waals surface area contributed by atoms with E-state index in [1.807, 2.05) is 36.4 Å². The third kappa shape index (κ3) is 5.75. The summed E-state index contributed by atoms with van der Waals surface area (Å²) in [6.07, 6.45) is 2.93. The summed E-state index contributed by atoms with van der Waals surface area (Å²) in [7, 11) is 0. The molecule has 0 bridgehead atoms. The number of esters is 1. The molecule has 4 rings (SSSR count). The number of thiazole rings is 1. The number of hydrogen-bond acceptors (Lipinski definition) is 7. The van der Waals surface area contributed by atoms with Crippen LogP contribution in [0.15, 0.2) is 66.0 Å². The number of fused-ring (bicyclic) bond motifs is 1. The van der Waals surface area contributed by atoms with Gasteiger partial charge in [0.25, 0.3) is 5.56 Å². The summed E-state index contributed by atoms with van der Waals surface area (Å²) in [4.78, 5) is 39.9. The molecule has 0 unspecified atom stereocenters. The molecule has 0 amide bonds. The zero-order valence-corrected chi connectivity index (χ0v) is 21.7. The number of aromatic amines is 1. The lowest BCUT2D eigenvalue weighted by atomic mass is 10.1. The molecule has 2 N–H and O–H groups in total. The number of nitrogens with zero attached hydrogens (tertiary/aromatic N) is 2. The van der Waals surface area contributed by atoms with Gasteiger partial charge in [-0.25, -0.2) is 9.59 Å². The quantitative estimate of drug-likeness (QED) is 0.245. The summed E-state index contributed by atoms with van der Waals surface area (Å²) in [6.45, 7) is 5.65. The van der Waals surface area contributed by atoms with E-state index in [1.165, 1.54) is 16.7 Å². The van der Waals surface area contributed by atoms with Crippen LogP contribution in [0.1, 0.15) is 28.5 Å². The van der Waals surface area contributed by atoms with Crippen molar-refractivity contribution >= 4 is 51.6 Å². The van der Waals surface area contributed by atoms with Crippen LogP contribution in [0.2, 0.25) is 0 Å². The summed E-state index contributed by atoms with van der Waals surface area (Å²) in [5.41, 5.74) is 4.25. The molecule has 2 heterocycles. The van der Waals surface area contributed by atoms with E-state index < -0.39 is 17.5 Å². The molecule has 0 saturated carbocycles. The fourth-order valence-electron chi connectivity index (χ4n) is 3.82. The molecule has 0 fully saturated rings. The number of carbonyl (C=O) groups excluding carboxylic acids is 1. The number of aromatic nitrogens is 2. The van der Waals surface area contributed by atoms with Gasteiger partial charge in [0.1, 0.15) is 39.9 Å². The van der Waals surface area contributed by atoms with Crippen LogP contribution in [0.4, 0.5) is 0 Å². The number of H-pyrrole nitrogens is 1. The van der Waals surface area contributed by atoms with Gasteiger partial charge >= 0.3 is 11.9 Å². The molecule has 0 aliphatic carbocycles. The van der Waals surface area contributed by atoms with Crippen LogP contribution in [-0.2, 0) is 22.7 Å². The summed E-state index contributed by atoms with van der Waals surface area (Å²) < 4.78 is 12.6. The first-order chi connectivity index (χ1) is 18.9. The van der Waals surface area contributed by atoms with Gasteiger partial charge in [0.15, 0.2) is 5.57 Å². The molecular formula is C29H23N3O6S. The van der Waals surface area contributed by atoms with Crippen LogP contribution in [0.25, 0.3) is 28.3 Å². The number of carboxylic acids is 1. The molecule has 4 aromatic rings. The van der Waals surface area contributed by atoms with Crippen molar-refractivity contribution in [1.29, 1.82) is 5.26 Å². The van der Waals surface area contributed by atoms with E-state index >= 15 is 0 Å². The van der Waals surface area contributed by atoms with Gasteiger partial charge in [-0.2, -0.15) is 5.26 Å². The van der Waals surface area contributed by atoms with Gasteiger partial charge in [-0.3, -0.25) is 9.36 Å². The SMILES string of the molecule is C=CCOC(=O)/C(C#N)=c1\sc(=C=Cc2ccc(OCc3ccccc3)c3cc(C(=O)O)[nH]c23)c(=O)n1CC. The summed E-state index contributed by atoms with van der Waals surface area (Å²) in [5, 5.41) is 19.7. The minimum atomic E-state index is -1.13. The second-order valence-electron chi connectivity index (χ2n) is 8.15. The summed E-state index contributed by atoms with van der Waals surface area (Å²) in [6, 6.07) is 16.3. The van der Waals surface area contributed by atoms with E-state index in [4.69, 9.17) is 9.47 Å². The van der Waals surface area contributed by atoms with Crippen molar-refractivity contribution in [1.82, 2.24) is 9.55 Å². The first-order valence-corrected chi connectivity index (χ1v) is 12.6. The number of aromatic carboxylic acids is 1. The molecule has 0 spiro atoms. The number of carboxylic acid groups (broad SMARTS) is 1. The van der Waals surface area contributed by atoms with Crippen molar-refractivity contribution in [3.05, 3.63) is 97.6 Å². The molecule has 10 heteroatoms. The van der Waals surface area contributed by atoms with Crippen molar-refractivity contribution < 1.29 is 24.2 Å². The molecule has 0 saturated heterocycles. The maximum atomic E-state index is 13.0. The second kappa shape index (κ2) is 12.0. The van der Waals surface area contributed by atoms with Gasteiger partial charge in [0.05, 0.1) is 5.52 Å². The average Bonchev–Trinajstić information content (AvgIpc) is 3.53. The highest BCUT2D eigenvalue weighted by Crippen LogP contribution is 2.30. The second-order valence-corrected chi connectivity index (χ2v) is 9.15. The fraction of sp³-hybridized carbons (Fsp3) is 0.138. The Kier molecular flexibility index (Phi) is 8.27. The van der Waals surface area contributed by atoms with Crippen LogP contribution in [0, 0.1) is 11.3 Å². The van der Waals surface area contributed by atoms with E-state index in [0.717, 1.165) is 16.9 Å². The van der Waals surface area contributed by atoms with E-state index in [-0.39, 0.29) is 33.6 Å². The average molecular weight is 542 g/mol. The Balaban J connectivity index is 1.84. The van der Waals surface area contributed by atoms with Crippen LogP contribution < -0.4 is 19.5 Å². The van der Waals surface area contributed by atoms with Crippen molar-refractivity contribution in [3.8, 4) is 11.8 Å². The van der Waals surface area contributed by atoms with Gasteiger partial charge in [-0.15, -0.1) is 11.3 Å². The Bertz CT molecular complexity index is 1830. The third-order valence-corrected chi connectivity index (χ3v) is 6.79. The van der Waals surface area contributed by atoms with E-state index in [9.17, 15) is 24.8 Å². The molecular weight excluding hydrogens is 518 g/mol. The third-order valence-electron chi connectivity index (χ3n) is 5.67. The molecule has 0 aliphatic rings. The number of carbonyl (C=O) groups is 2. The minimum Gasteiger partial charge on any atom is -0.488 e. The maximum absolute atomic E-state index is 13.0. The Morgan fingerprint density at radius 3 is 2.67 bits per heavy atom. The van der Waals surface area contributed by atoms with Crippen molar-refractivity contribution in [3.63, 3.8) is 0 Å². The van der Waals surface area contributed by atoms with E-state index in [2.05, 4.69) is 17.3 Å². The van der Waals surface area contributed by atoms with Gasteiger partial charge in [-0.05, 0) is 36.8 Å². The fourth-order valence-corrected chi connectivity index (χ4v) is 4.88. The highest BCUT2D eigenvalue weighted by Gasteiger charge is 2.17. The Morgan fingerprint density at radius 2 is 2.00 bits per heavy atom. The molecule has 9 nitrogen and oxygen atoms in total. The Hall–Kier alpha value is -5.10. The van der Waals surface area contributed by atoms with Gasteiger partial charge in [0.2, 0.25) is 0 Å². The first kappa shape index (κ1) is 26.9. The molecule has 0 aliphatic heterocycles. The molecule has 2 aromatic carbocycles. The molecule has 2 aromatic heterocycles. The highest BCUT2D eigenvalue weighted by atomic mass is 32.1. The summed E-state index contributed by atoms with van der Waals surface area (Å²) in [5.74, 6) is -1.49. The number of ether oxygens (including phenoxy) is 2. The number of nitriles is 1. The maximum Gasteiger partial charge on any atom is 0.352 e. The zero-order chi connectivity index (χ0) is 27.9. The number of rotatable bonds is 9. The van der Waals surface area contributed by atoms with Gasteiger partial charge < -0.3 is 19.6 Å². The predicted octanol–water partition coefficient (Wildman–Crippen LogP) is 3.18. The molecule has 196 valence electrons. The predicted molar refractivity (Wildman–Crippen MR) is 148 cm³/mol. The normalized spacial score (nSPS) is 11.3. The lowest BCUT2D eigenvalue weighted by Crippen LogP contribution is -2.32. The topological polar surface area (TPSA) is 134 Å². The lowest BCUT2D eigenvalue weighted by Gasteiger charge is -2.08. The van der Waals surface area contributed by atoms with Gasteiger partial charge in [0, 0.05) is 17.5 Å². The van der Waals surface area contributed by atoms with Crippen molar-refractivity contribution in [2.75, 3.05) is 6.61 Å². The van der Waals surface area contributed by atoms with Crippen LogP contribution >= 0.6 is 11.3 Å². The number of benzene rings is 2. The summed E-state index contributed by atoms with van der Waals surface area (Å²) >= 11 is 0.942. The van der Waals surface area contributed by atoms with E-state index in [0.29, 0.717) is 28.8 Å². The van der Waals surface area contributed by atoms with Crippen molar-refractivity contribution in [2.24, 2.45) is 0 Å².